The van der Waals surface area contributed by atoms with Crippen LogP contribution in [-0.2, 0) is 20.7 Å². The third-order valence-electron chi connectivity index (χ3n) is 3.62. The minimum atomic E-state index is -1.59. The van der Waals surface area contributed by atoms with Crippen LogP contribution in [-0.4, -0.2) is 30.8 Å². The van der Waals surface area contributed by atoms with Gasteiger partial charge in [0.05, 0.1) is 13.7 Å². The lowest BCUT2D eigenvalue weighted by atomic mass is 9.72. The fourth-order valence-corrected chi connectivity index (χ4v) is 2.29. The number of rotatable bonds is 7. The topological polar surface area (TPSA) is 72.8 Å². The summed E-state index contributed by atoms with van der Waals surface area (Å²) >= 11 is 0. The van der Waals surface area contributed by atoms with Crippen molar-refractivity contribution in [3.63, 3.8) is 0 Å². The summed E-state index contributed by atoms with van der Waals surface area (Å²) in [4.78, 5) is 24.1. The Morgan fingerprint density at radius 1 is 1.33 bits per heavy atom. The van der Waals surface area contributed by atoms with Gasteiger partial charge in [-0.2, -0.15) is 0 Å². The molecule has 1 atom stereocenters. The van der Waals surface area contributed by atoms with Crippen molar-refractivity contribution in [2.24, 2.45) is 11.3 Å². The predicted molar refractivity (Wildman–Crippen MR) is 78.2 cm³/mol. The largest absolute Gasteiger partial charge is 0.497 e. The number of esters is 1. The number of aliphatic carboxylic acids is 1. The van der Waals surface area contributed by atoms with Crippen molar-refractivity contribution >= 4 is 11.9 Å². The molecule has 5 heteroatoms. The fraction of sp³-hybridized carbons (Fsp3) is 0.500. The van der Waals surface area contributed by atoms with Crippen LogP contribution in [0, 0.1) is 11.3 Å². The summed E-state index contributed by atoms with van der Waals surface area (Å²) in [6.07, 6.45) is 0.0655. The highest BCUT2D eigenvalue weighted by Crippen LogP contribution is 2.34. The zero-order valence-electron chi connectivity index (χ0n) is 12.9. The van der Waals surface area contributed by atoms with Crippen LogP contribution in [0.3, 0.4) is 0 Å². The first-order chi connectivity index (χ1) is 9.88. The maximum Gasteiger partial charge on any atom is 0.324 e. The molecule has 0 spiro atoms. The predicted octanol–water partition coefficient (Wildman–Crippen LogP) is 2.53. The van der Waals surface area contributed by atoms with E-state index in [1.54, 1.807) is 45.0 Å². The van der Waals surface area contributed by atoms with Crippen molar-refractivity contribution < 1.29 is 24.2 Å². The van der Waals surface area contributed by atoms with Gasteiger partial charge < -0.3 is 14.6 Å². The van der Waals surface area contributed by atoms with Crippen LogP contribution in [0.15, 0.2) is 24.3 Å². The van der Waals surface area contributed by atoms with Crippen molar-refractivity contribution in [1.82, 2.24) is 0 Å². The molecule has 5 nitrogen and oxygen atoms in total. The molecule has 0 radical (unpaired) electrons. The minimum Gasteiger partial charge on any atom is -0.497 e. The van der Waals surface area contributed by atoms with Gasteiger partial charge in [-0.1, -0.05) is 26.0 Å². The van der Waals surface area contributed by atoms with E-state index in [1.807, 2.05) is 0 Å². The summed E-state index contributed by atoms with van der Waals surface area (Å²) < 4.78 is 10.1. The first-order valence-corrected chi connectivity index (χ1v) is 6.92. The van der Waals surface area contributed by atoms with Gasteiger partial charge in [0.1, 0.15) is 5.75 Å². The lowest BCUT2D eigenvalue weighted by Crippen LogP contribution is -2.46. The number of ether oxygens (including phenoxy) is 2. The van der Waals surface area contributed by atoms with E-state index in [-0.39, 0.29) is 13.0 Å². The van der Waals surface area contributed by atoms with Crippen molar-refractivity contribution in [3.8, 4) is 5.75 Å². The van der Waals surface area contributed by atoms with E-state index < -0.39 is 23.3 Å². The normalized spacial score (nSPS) is 13.6. The first-order valence-electron chi connectivity index (χ1n) is 6.92. The Morgan fingerprint density at radius 3 is 2.48 bits per heavy atom. The van der Waals surface area contributed by atoms with Gasteiger partial charge in [-0.25, -0.2) is 0 Å². The van der Waals surface area contributed by atoms with Crippen LogP contribution in [0.5, 0.6) is 5.75 Å². The Kier molecular flexibility index (Phi) is 5.76. The summed E-state index contributed by atoms with van der Waals surface area (Å²) in [7, 11) is 1.54. The lowest BCUT2D eigenvalue weighted by molar-refractivity contribution is -0.172. The molecule has 21 heavy (non-hydrogen) atoms. The number of carboxylic acid groups (broad SMARTS) is 1. The monoisotopic (exact) mass is 294 g/mol. The number of benzene rings is 1. The zero-order valence-corrected chi connectivity index (χ0v) is 12.9. The molecule has 0 saturated carbocycles. The van der Waals surface area contributed by atoms with Crippen LogP contribution in [0.1, 0.15) is 26.3 Å². The first kappa shape index (κ1) is 17.0. The summed E-state index contributed by atoms with van der Waals surface area (Å²) in [5.41, 5.74) is -0.874. The van der Waals surface area contributed by atoms with E-state index in [2.05, 4.69) is 0 Å². The van der Waals surface area contributed by atoms with Gasteiger partial charge in [-0.05, 0) is 37.0 Å². The summed E-state index contributed by atoms with van der Waals surface area (Å²) in [6.45, 7) is 5.24. The van der Waals surface area contributed by atoms with Crippen molar-refractivity contribution in [1.29, 1.82) is 0 Å². The molecule has 0 bridgehead atoms. The highest BCUT2D eigenvalue weighted by Gasteiger charge is 2.50. The molecule has 0 fully saturated rings. The molecule has 116 valence electrons. The molecule has 0 heterocycles. The standard InChI is InChI=1S/C16H22O5/c1-5-21-15(19)16(11(2)3,14(17)18)10-12-7-6-8-13(9-12)20-4/h6-9,11H,5,10H2,1-4H3,(H,17,18). The number of carbonyl (C=O) groups excluding carboxylic acids is 1. The highest BCUT2D eigenvalue weighted by molar-refractivity contribution is 5.99. The Balaban J connectivity index is 3.23. The summed E-state index contributed by atoms with van der Waals surface area (Å²) in [5.74, 6) is -1.64. The van der Waals surface area contributed by atoms with Gasteiger partial charge in [-0.15, -0.1) is 0 Å². The molecule has 1 rings (SSSR count). The van der Waals surface area contributed by atoms with E-state index >= 15 is 0 Å². The van der Waals surface area contributed by atoms with Crippen LogP contribution in [0.25, 0.3) is 0 Å². The summed E-state index contributed by atoms with van der Waals surface area (Å²) in [5, 5.41) is 9.65. The summed E-state index contributed by atoms with van der Waals surface area (Å²) in [6, 6.07) is 7.05. The molecule has 0 aliphatic carbocycles. The zero-order chi connectivity index (χ0) is 16.0. The second-order valence-electron chi connectivity index (χ2n) is 5.18. The van der Waals surface area contributed by atoms with Crippen molar-refractivity contribution in [3.05, 3.63) is 29.8 Å². The molecule has 1 aromatic rings. The third-order valence-corrected chi connectivity index (χ3v) is 3.62. The van der Waals surface area contributed by atoms with Crippen molar-refractivity contribution in [2.45, 2.75) is 27.2 Å². The molecule has 1 N–H and O–H groups in total. The molecule has 0 saturated heterocycles. The average molecular weight is 294 g/mol. The van der Waals surface area contributed by atoms with Crippen LogP contribution in [0.4, 0.5) is 0 Å². The fourth-order valence-electron chi connectivity index (χ4n) is 2.29. The second-order valence-corrected chi connectivity index (χ2v) is 5.18. The van der Waals surface area contributed by atoms with E-state index in [1.165, 1.54) is 7.11 Å². The molecule has 0 aliphatic rings. The number of hydrogen-bond donors (Lipinski definition) is 1. The Morgan fingerprint density at radius 2 is 2.00 bits per heavy atom. The Bertz CT molecular complexity index is 509. The molecular weight excluding hydrogens is 272 g/mol. The maximum absolute atomic E-state index is 12.3. The SMILES string of the molecule is CCOC(=O)C(Cc1cccc(OC)c1)(C(=O)O)C(C)C. The van der Waals surface area contributed by atoms with Crippen LogP contribution < -0.4 is 4.74 Å². The minimum absolute atomic E-state index is 0.0655. The third kappa shape index (κ3) is 3.54. The lowest BCUT2D eigenvalue weighted by Gasteiger charge is -2.31. The average Bonchev–Trinajstić information content (AvgIpc) is 2.44. The van der Waals surface area contributed by atoms with Gasteiger partial charge in [0.25, 0.3) is 0 Å². The Hall–Kier alpha value is -2.04. The number of carboxylic acids is 1. The van der Waals surface area contributed by atoms with Crippen LogP contribution >= 0.6 is 0 Å². The van der Waals surface area contributed by atoms with Gasteiger partial charge in [-0.3, -0.25) is 9.59 Å². The number of carbonyl (C=O) groups is 2. The molecular formula is C16H22O5. The number of hydrogen-bond acceptors (Lipinski definition) is 4. The van der Waals surface area contributed by atoms with E-state index in [0.29, 0.717) is 5.75 Å². The van der Waals surface area contributed by atoms with E-state index in [0.717, 1.165) is 5.56 Å². The van der Waals surface area contributed by atoms with Gasteiger partial charge in [0.2, 0.25) is 0 Å². The van der Waals surface area contributed by atoms with E-state index in [9.17, 15) is 14.7 Å². The van der Waals surface area contributed by atoms with Gasteiger partial charge in [0.15, 0.2) is 5.41 Å². The van der Waals surface area contributed by atoms with Gasteiger partial charge in [0, 0.05) is 0 Å². The van der Waals surface area contributed by atoms with Crippen LogP contribution in [0.2, 0.25) is 0 Å². The van der Waals surface area contributed by atoms with Gasteiger partial charge >= 0.3 is 11.9 Å². The quantitative estimate of drug-likeness (QED) is 0.618. The molecule has 0 aliphatic heterocycles. The molecule has 0 aromatic heterocycles. The van der Waals surface area contributed by atoms with Crippen molar-refractivity contribution in [2.75, 3.05) is 13.7 Å². The molecule has 1 aromatic carbocycles. The maximum atomic E-state index is 12.3. The van der Waals surface area contributed by atoms with E-state index in [4.69, 9.17) is 9.47 Å². The Labute approximate surface area is 124 Å². The second kappa shape index (κ2) is 7.11. The highest BCUT2D eigenvalue weighted by atomic mass is 16.5. The smallest absolute Gasteiger partial charge is 0.324 e. The molecule has 0 amide bonds. The molecule has 1 unspecified atom stereocenters. The number of methoxy groups -OCH3 is 1.